The lowest BCUT2D eigenvalue weighted by molar-refractivity contribution is -0.137. The molecule has 2 aromatic rings. The van der Waals surface area contributed by atoms with Crippen molar-refractivity contribution in [3.63, 3.8) is 0 Å². The van der Waals surface area contributed by atoms with Crippen LogP contribution in [-0.4, -0.2) is 60.4 Å². The highest BCUT2D eigenvalue weighted by molar-refractivity contribution is 7.90. The fourth-order valence-electron chi connectivity index (χ4n) is 6.66. The molecule has 1 aliphatic carbocycles. The maximum atomic E-state index is 14.6. The molecule has 9 nitrogen and oxygen atoms in total. The van der Waals surface area contributed by atoms with Crippen molar-refractivity contribution in [1.29, 1.82) is 0 Å². The van der Waals surface area contributed by atoms with Gasteiger partial charge >= 0.3 is 5.97 Å². The number of aliphatic imine (C=N–C) groups is 1. The van der Waals surface area contributed by atoms with E-state index in [0.29, 0.717) is 36.3 Å². The van der Waals surface area contributed by atoms with Gasteiger partial charge in [-0.25, -0.2) is 8.42 Å². The van der Waals surface area contributed by atoms with E-state index in [9.17, 15) is 22.8 Å². The van der Waals surface area contributed by atoms with Crippen LogP contribution in [0.5, 0.6) is 0 Å². The maximum absolute atomic E-state index is 14.6. The van der Waals surface area contributed by atoms with Crippen molar-refractivity contribution in [2.24, 2.45) is 21.7 Å². The van der Waals surface area contributed by atoms with E-state index < -0.39 is 21.5 Å². The maximum Gasteiger partial charge on any atom is 0.305 e. The molecule has 0 saturated heterocycles. The van der Waals surface area contributed by atoms with Crippen LogP contribution in [0.3, 0.4) is 0 Å². The molecular formula is C36H49N3O6S. The summed E-state index contributed by atoms with van der Waals surface area (Å²) in [6, 6.07) is 13.4. The molecule has 10 heteroatoms. The number of benzene rings is 2. The number of rotatable bonds is 10. The first-order chi connectivity index (χ1) is 21.3. The van der Waals surface area contributed by atoms with Crippen molar-refractivity contribution in [3.05, 3.63) is 65.2 Å². The molecule has 250 valence electrons. The number of amides is 2. The first-order valence-corrected chi connectivity index (χ1v) is 18.0. The van der Waals surface area contributed by atoms with E-state index in [1.54, 1.807) is 30.3 Å². The fraction of sp³-hybridized carbons (Fsp3) is 0.556. The number of nitrogens with zero attached hydrogens (tertiary/aromatic N) is 2. The Labute approximate surface area is 273 Å². The van der Waals surface area contributed by atoms with Gasteiger partial charge in [0.25, 0.3) is 11.8 Å². The highest BCUT2D eigenvalue weighted by atomic mass is 32.2. The molecule has 1 atom stereocenters. The summed E-state index contributed by atoms with van der Waals surface area (Å²) in [5.74, 6) is -1.07. The standard InChI is InChI=1S/C36H49N3O6S/c1-34(2,3)19-17-29(24-11-13-25(14-12-24)32(42)37-22-18-30(40)41)39-33(43)31(26-9-8-10-28(23-26)46(7,44)45)38-36(39)20-15-27(16-21-36)35(4,5)6/h8-14,23,27,29H,15-22H2,1-7H3,(H,37,42)(H,40,41)/t27?,29-,36?/m1/s1. The molecule has 1 fully saturated rings. The van der Waals surface area contributed by atoms with E-state index in [-0.39, 0.29) is 52.3 Å². The van der Waals surface area contributed by atoms with Crippen molar-refractivity contribution >= 4 is 33.3 Å². The Morgan fingerprint density at radius 2 is 1.67 bits per heavy atom. The summed E-state index contributed by atoms with van der Waals surface area (Å²) >= 11 is 0. The minimum Gasteiger partial charge on any atom is -0.481 e. The van der Waals surface area contributed by atoms with Crippen molar-refractivity contribution in [2.75, 3.05) is 12.8 Å². The number of sulfone groups is 1. The largest absolute Gasteiger partial charge is 0.481 e. The Morgan fingerprint density at radius 1 is 1.04 bits per heavy atom. The van der Waals surface area contributed by atoms with Crippen molar-refractivity contribution in [1.82, 2.24) is 10.2 Å². The lowest BCUT2D eigenvalue weighted by Crippen LogP contribution is -2.51. The van der Waals surface area contributed by atoms with Crippen LogP contribution in [-0.2, 0) is 19.4 Å². The summed E-state index contributed by atoms with van der Waals surface area (Å²) in [6.07, 6.45) is 5.73. The number of hydrogen-bond acceptors (Lipinski definition) is 6. The summed E-state index contributed by atoms with van der Waals surface area (Å²) in [6.45, 7) is 13.3. The van der Waals surface area contributed by atoms with Crippen LogP contribution in [0.4, 0.5) is 0 Å². The number of aliphatic carboxylic acids is 1. The number of nitrogens with one attached hydrogen (secondary N) is 1. The third kappa shape index (κ3) is 8.24. The van der Waals surface area contributed by atoms with E-state index in [2.05, 4.69) is 46.9 Å². The molecule has 1 saturated carbocycles. The van der Waals surface area contributed by atoms with Gasteiger partial charge in [0.15, 0.2) is 9.84 Å². The van der Waals surface area contributed by atoms with Crippen LogP contribution in [0, 0.1) is 16.7 Å². The van der Waals surface area contributed by atoms with Gasteiger partial charge in [-0.3, -0.25) is 19.4 Å². The Kier molecular flexibility index (Phi) is 10.2. The smallest absolute Gasteiger partial charge is 0.305 e. The molecule has 0 radical (unpaired) electrons. The van der Waals surface area contributed by atoms with E-state index >= 15 is 0 Å². The Balaban J connectivity index is 1.77. The summed E-state index contributed by atoms with van der Waals surface area (Å²) in [4.78, 5) is 45.5. The van der Waals surface area contributed by atoms with Gasteiger partial charge in [-0.1, -0.05) is 65.8 Å². The molecule has 46 heavy (non-hydrogen) atoms. The molecule has 0 unspecified atom stereocenters. The van der Waals surface area contributed by atoms with E-state index in [0.717, 1.165) is 31.1 Å². The number of carbonyl (C=O) groups excluding carboxylic acids is 2. The lowest BCUT2D eigenvalue weighted by Gasteiger charge is -2.47. The van der Waals surface area contributed by atoms with Gasteiger partial charge in [-0.15, -0.1) is 0 Å². The van der Waals surface area contributed by atoms with Crippen LogP contribution in [0.2, 0.25) is 0 Å². The van der Waals surface area contributed by atoms with Crippen molar-refractivity contribution in [2.45, 2.75) is 103 Å². The van der Waals surface area contributed by atoms with Gasteiger partial charge in [0.2, 0.25) is 0 Å². The molecular weight excluding hydrogens is 602 g/mol. The molecule has 2 aromatic carbocycles. The topological polar surface area (TPSA) is 133 Å². The van der Waals surface area contributed by atoms with E-state index in [4.69, 9.17) is 10.1 Å². The third-order valence-electron chi connectivity index (χ3n) is 9.40. The Bertz CT molecular complexity index is 1590. The molecule has 1 heterocycles. The predicted octanol–water partition coefficient (Wildman–Crippen LogP) is 6.43. The lowest BCUT2D eigenvalue weighted by atomic mass is 9.69. The number of carboxylic acids is 1. The zero-order valence-electron chi connectivity index (χ0n) is 28.2. The van der Waals surface area contributed by atoms with Crippen LogP contribution in [0.1, 0.15) is 114 Å². The Hall–Kier alpha value is -3.53. The number of hydrogen-bond donors (Lipinski definition) is 2. The molecule has 1 aliphatic heterocycles. The third-order valence-corrected chi connectivity index (χ3v) is 10.5. The second kappa shape index (κ2) is 13.3. The van der Waals surface area contributed by atoms with Crippen LogP contribution >= 0.6 is 0 Å². The monoisotopic (exact) mass is 651 g/mol. The zero-order valence-corrected chi connectivity index (χ0v) is 29.0. The van der Waals surface area contributed by atoms with Gasteiger partial charge in [0, 0.05) is 23.9 Å². The Morgan fingerprint density at radius 3 is 2.22 bits per heavy atom. The molecule has 0 bridgehead atoms. The summed E-state index contributed by atoms with van der Waals surface area (Å²) in [7, 11) is -3.49. The van der Waals surface area contributed by atoms with Gasteiger partial charge in [-0.05, 0) is 85.1 Å². The van der Waals surface area contributed by atoms with Gasteiger partial charge in [-0.2, -0.15) is 0 Å². The van der Waals surface area contributed by atoms with E-state index in [1.807, 2.05) is 17.0 Å². The molecule has 2 N–H and O–H groups in total. The molecule has 0 aromatic heterocycles. The molecule has 4 rings (SSSR count). The quantitative estimate of drug-likeness (QED) is 0.304. The summed E-state index contributed by atoms with van der Waals surface area (Å²) < 4.78 is 24.8. The second-order valence-electron chi connectivity index (χ2n) is 15.2. The van der Waals surface area contributed by atoms with Crippen LogP contribution < -0.4 is 5.32 Å². The van der Waals surface area contributed by atoms with Gasteiger partial charge < -0.3 is 15.3 Å². The highest BCUT2D eigenvalue weighted by Gasteiger charge is 2.52. The first kappa shape index (κ1) is 35.3. The summed E-state index contributed by atoms with van der Waals surface area (Å²) in [5, 5.41) is 11.5. The molecule has 1 spiro atoms. The SMILES string of the molecule is CC(C)(C)CC[C@H](c1ccc(C(=O)NCCC(=O)O)cc1)N1C(=O)C(c2cccc(S(C)(=O)=O)c2)=NC12CCC(C(C)(C)C)CC2. The highest BCUT2D eigenvalue weighted by Crippen LogP contribution is 2.50. The second-order valence-corrected chi connectivity index (χ2v) is 17.2. The minimum atomic E-state index is -3.49. The fourth-order valence-corrected chi connectivity index (χ4v) is 7.33. The van der Waals surface area contributed by atoms with Gasteiger partial charge in [0.1, 0.15) is 11.4 Å². The molecule has 2 amide bonds. The number of carbonyl (C=O) groups is 3. The van der Waals surface area contributed by atoms with Crippen LogP contribution in [0.25, 0.3) is 0 Å². The summed E-state index contributed by atoms with van der Waals surface area (Å²) in [5.41, 5.74) is 1.42. The van der Waals surface area contributed by atoms with E-state index in [1.165, 1.54) is 6.07 Å². The minimum absolute atomic E-state index is 0.00441. The van der Waals surface area contributed by atoms with Crippen molar-refractivity contribution in [3.8, 4) is 0 Å². The normalized spacial score (nSPS) is 21.3. The van der Waals surface area contributed by atoms with Crippen molar-refractivity contribution < 1.29 is 27.9 Å². The molecule has 2 aliphatic rings. The predicted molar refractivity (Wildman–Crippen MR) is 180 cm³/mol. The number of carboxylic acid groups (broad SMARTS) is 1. The first-order valence-electron chi connectivity index (χ1n) is 16.1. The van der Waals surface area contributed by atoms with Crippen LogP contribution in [0.15, 0.2) is 58.4 Å². The average molecular weight is 652 g/mol. The van der Waals surface area contributed by atoms with Gasteiger partial charge in [0.05, 0.1) is 17.4 Å². The average Bonchev–Trinajstić information content (AvgIpc) is 3.23. The zero-order chi connectivity index (χ0) is 34.1.